The molecular formula is C14H27N3O2. The van der Waals surface area contributed by atoms with E-state index in [0.717, 1.165) is 52.1 Å². The predicted octanol–water partition coefficient (Wildman–Crippen LogP) is 0.342. The molecule has 110 valence electrons. The van der Waals surface area contributed by atoms with E-state index in [-0.39, 0.29) is 5.91 Å². The van der Waals surface area contributed by atoms with Crippen molar-refractivity contribution in [1.82, 2.24) is 10.2 Å². The van der Waals surface area contributed by atoms with Crippen molar-refractivity contribution in [2.75, 3.05) is 39.4 Å². The normalized spacial score (nSPS) is 33.1. The lowest BCUT2D eigenvalue weighted by Gasteiger charge is -2.35. The van der Waals surface area contributed by atoms with Crippen LogP contribution in [-0.2, 0) is 9.53 Å². The van der Waals surface area contributed by atoms with E-state index >= 15 is 0 Å². The Labute approximate surface area is 115 Å². The first-order valence-corrected chi connectivity index (χ1v) is 7.47. The number of hydrogen-bond donors (Lipinski definition) is 2. The Kier molecular flexibility index (Phi) is 5.19. The highest BCUT2D eigenvalue weighted by Crippen LogP contribution is 2.30. The van der Waals surface area contributed by atoms with Crippen molar-refractivity contribution in [3.8, 4) is 0 Å². The van der Waals surface area contributed by atoms with Crippen LogP contribution in [0.4, 0.5) is 0 Å². The van der Waals surface area contributed by atoms with E-state index in [4.69, 9.17) is 10.5 Å². The minimum absolute atomic E-state index is 0.0345. The minimum Gasteiger partial charge on any atom is -0.379 e. The number of nitrogens with two attached hydrogens (primary N) is 1. The summed E-state index contributed by atoms with van der Waals surface area (Å²) in [6.45, 7) is 7.27. The van der Waals surface area contributed by atoms with Crippen molar-refractivity contribution < 1.29 is 9.53 Å². The van der Waals surface area contributed by atoms with Gasteiger partial charge in [-0.3, -0.25) is 9.69 Å². The Morgan fingerprint density at radius 3 is 2.89 bits per heavy atom. The number of morpholine rings is 1. The maximum atomic E-state index is 12.2. The smallest absolute Gasteiger partial charge is 0.240 e. The number of nitrogens with one attached hydrogen (secondary N) is 1. The molecule has 19 heavy (non-hydrogen) atoms. The molecule has 1 saturated heterocycles. The summed E-state index contributed by atoms with van der Waals surface area (Å²) < 4.78 is 5.30. The molecule has 0 bridgehead atoms. The van der Waals surface area contributed by atoms with E-state index < -0.39 is 5.54 Å². The summed E-state index contributed by atoms with van der Waals surface area (Å²) in [5.41, 5.74) is 5.63. The molecule has 0 aromatic carbocycles. The van der Waals surface area contributed by atoms with E-state index in [1.54, 1.807) is 0 Å². The highest BCUT2D eigenvalue weighted by molar-refractivity contribution is 5.86. The molecule has 0 aromatic rings. The van der Waals surface area contributed by atoms with Gasteiger partial charge < -0.3 is 15.8 Å². The highest BCUT2D eigenvalue weighted by Gasteiger charge is 2.37. The molecule has 1 aliphatic heterocycles. The van der Waals surface area contributed by atoms with Gasteiger partial charge in [0.05, 0.1) is 18.8 Å². The number of carbonyl (C=O) groups excluding carboxylic acids is 1. The maximum absolute atomic E-state index is 12.2. The molecule has 1 aliphatic carbocycles. The quantitative estimate of drug-likeness (QED) is 0.772. The Bertz CT molecular complexity index is 305. The van der Waals surface area contributed by atoms with Gasteiger partial charge in [-0.25, -0.2) is 0 Å². The van der Waals surface area contributed by atoms with Gasteiger partial charge in [0, 0.05) is 26.2 Å². The lowest BCUT2D eigenvalue weighted by atomic mass is 9.76. The highest BCUT2D eigenvalue weighted by atomic mass is 16.5. The van der Waals surface area contributed by atoms with Gasteiger partial charge in [-0.2, -0.15) is 0 Å². The van der Waals surface area contributed by atoms with E-state index in [1.165, 1.54) is 6.42 Å². The van der Waals surface area contributed by atoms with Crippen LogP contribution in [-0.4, -0.2) is 55.7 Å². The third-order valence-corrected chi connectivity index (χ3v) is 4.30. The Morgan fingerprint density at radius 2 is 2.21 bits per heavy atom. The summed E-state index contributed by atoms with van der Waals surface area (Å²) in [6.07, 6.45) is 3.89. The van der Waals surface area contributed by atoms with Crippen LogP contribution >= 0.6 is 0 Å². The third kappa shape index (κ3) is 4.16. The van der Waals surface area contributed by atoms with Crippen molar-refractivity contribution in [2.45, 2.75) is 38.1 Å². The van der Waals surface area contributed by atoms with Gasteiger partial charge in [-0.05, 0) is 18.8 Å². The summed E-state index contributed by atoms with van der Waals surface area (Å²) in [4.78, 5) is 14.5. The number of rotatable bonds is 4. The molecule has 1 saturated carbocycles. The van der Waals surface area contributed by atoms with Crippen LogP contribution in [0.3, 0.4) is 0 Å². The average molecular weight is 269 g/mol. The van der Waals surface area contributed by atoms with Crippen molar-refractivity contribution in [2.24, 2.45) is 11.7 Å². The molecule has 2 rings (SSSR count). The molecule has 5 heteroatoms. The van der Waals surface area contributed by atoms with Gasteiger partial charge in [-0.1, -0.05) is 19.8 Å². The van der Waals surface area contributed by atoms with E-state index in [9.17, 15) is 4.79 Å². The first-order valence-electron chi connectivity index (χ1n) is 7.47. The first kappa shape index (κ1) is 14.8. The number of ether oxygens (including phenoxy) is 1. The fourth-order valence-electron chi connectivity index (χ4n) is 3.13. The van der Waals surface area contributed by atoms with Crippen LogP contribution in [0, 0.1) is 5.92 Å². The average Bonchev–Trinajstić information content (AvgIpc) is 2.39. The lowest BCUT2D eigenvalue weighted by Crippen LogP contribution is -2.57. The first-order chi connectivity index (χ1) is 9.10. The van der Waals surface area contributed by atoms with Crippen LogP contribution in [0.2, 0.25) is 0 Å². The van der Waals surface area contributed by atoms with Crippen LogP contribution in [0.15, 0.2) is 0 Å². The molecular weight excluding hydrogens is 242 g/mol. The lowest BCUT2D eigenvalue weighted by molar-refractivity contribution is -0.128. The fourth-order valence-corrected chi connectivity index (χ4v) is 3.13. The second kappa shape index (κ2) is 6.68. The molecule has 0 aromatic heterocycles. The maximum Gasteiger partial charge on any atom is 0.240 e. The topological polar surface area (TPSA) is 67.6 Å². The summed E-state index contributed by atoms with van der Waals surface area (Å²) in [6, 6.07) is 0. The molecule has 0 radical (unpaired) electrons. The van der Waals surface area contributed by atoms with Crippen molar-refractivity contribution in [1.29, 1.82) is 0 Å². The van der Waals surface area contributed by atoms with Crippen molar-refractivity contribution in [3.05, 3.63) is 0 Å². The van der Waals surface area contributed by atoms with Gasteiger partial charge in [-0.15, -0.1) is 0 Å². The number of carbonyl (C=O) groups is 1. The molecule has 2 aliphatic rings. The van der Waals surface area contributed by atoms with Crippen LogP contribution < -0.4 is 11.1 Å². The van der Waals surface area contributed by atoms with Crippen LogP contribution in [0.5, 0.6) is 0 Å². The molecule has 2 fully saturated rings. The summed E-state index contributed by atoms with van der Waals surface area (Å²) in [5.74, 6) is 0.594. The SMILES string of the molecule is CC1CCCC(N)(C(=O)NCCN2CCOCC2)C1. The van der Waals surface area contributed by atoms with Gasteiger partial charge in [0.15, 0.2) is 0 Å². The second-order valence-electron chi connectivity index (χ2n) is 6.07. The Morgan fingerprint density at radius 1 is 1.47 bits per heavy atom. The van der Waals surface area contributed by atoms with E-state index in [1.807, 2.05) is 0 Å². The predicted molar refractivity (Wildman–Crippen MR) is 74.8 cm³/mol. The Balaban J connectivity index is 1.71. The van der Waals surface area contributed by atoms with Gasteiger partial charge in [0.25, 0.3) is 0 Å². The minimum atomic E-state index is -0.636. The number of amides is 1. The largest absolute Gasteiger partial charge is 0.379 e. The van der Waals surface area contributed by atoms with Crippen molar-refractivity contribution >= 4 is 5.91 Å². The molecule has 2 unspecified atom stereocenters. The van der Waals surface area contributed by atoms with Gasteiger partial charge >= 0.3 is 0 Å². The number of hydrogen-bond acceptors (Lipinski definition) is 4. The van der Waals surface area contributed by atoms with Crippen molar-refractivity contribution in [3.63, 3.8) is 0 Å². The molecule has 0 spiro atoms. The van der Waals surface area contributed by atoms with E-state index in [0.29, 0.717) is 12.5 Å². The summed E-state index contributed by atoms with van der Waals surface area (Å²) in [5, 5.41) is 3.01. The van der Waals surface area contributed by atoms with E-state index in [2.05, 4.69) is 17.1 Å². The molecule has 1 heterocycles. The van der Waals surface area contributed by atoms with Gasteiger partial charge in [0.1, 0.15) is 0 Å². The second-order valence-corrected chi connectivity index (χ2v) is 6.07. The molecule has 2 atom stereocenters. The van der Waals surface area contributed by atoms with Crippen LogP contribution in [0.25, 0.3) is 0 Å². The Hall–Kier alpha value is -0.650. The zero-order valence-electron chi connectivity index (χ0n) is 12.0. The molecule has 1 amide bonds. The summed E-state index contributed by atoms with van der Waals surface area (Å²) in [7, 11) is 0. The zero-order chi connectivity index (χ0) is 13.7. The zero-order valence-corrected chi connectivity index (χ0v) is 12.0. The molecule has 5 nitrogen and oxygen atoms in total. The standard InChI is InChI=1S/C14H27N3O2/c1-12-3-2-4-14(15,11-12)13(18)16-5-6-17-7-9-19-10-8-17/h12H,2-11,15H2,1H3,(H,16,18). The number of nitrogens with zero attached hydrogens (tertiary/aromatic N) is 1. The molecule has 3 N–H and O–H groups in total. The fraction of sp³-hybridized carbons (Fsp3) is 0.929. The van der Waals surface area contributed by atoms with Gasteiger partial charge in [0.2, 0.25) is 5.91 Å². The monoisotopic (exact) mass is 269 g/mol. The van der Waals surface area contributed by atoms with Crippen LogP contribution in [0.1, 0.15) is 32.6 Å². The summed E-state index contributed by atoms with van der Waals surface area (Å²) >= 11 is 0. The third-order valence-electron chi connectivity index (χ3n) is 4.30.